The Morgan fingerprint density at radius 3 is 2.51 bits per heavy atom. The molecule has 0 aliphatic rings. The third-order valence-corrected chi connectivity index (χ3v) is 6.47. The van der Waals surface area contributed by atoms with Gasteiger partial charge < -0.3 is 24.7 Å². The molecule has 3 aromatic carbocycles. The number of amides is 2. The normalized spacial score (nSPS) is 10.8. The fourth-order valence-corrected chi connectivity index (χ4v) is 4.55. The Morgan fingerprint density at radius 2 is 1.78 bits per heavy atom. The molecule has 4 aromatic rings. The van der Waals surface area contributed by atoms with Gasteiger partial charge in [0, 0.05) is 33.7 Å². The number of carbonyl (C=O) groups is 1. The van der Waals surface area contributed by atoms with Crippen LogP contribution in [0.5, 0.6) is 11.5 Å². The molecule has 1 heterocycles. The highest BCUT2D eigenvalue weighted by atomic mass is 35.5. The topological polar surface area (TPSA) is 83.7 Å². The van der Waals surface area contributed by atoms with Crippen LogP contribution < -0.4 is 20.3 Å². The van der Waals surface area contributed by atoms with Gasteiger partial charge in [0.1, 0.15) is 0 Å². The highest BCUT2D eigenvalue weighted by Gasteiger charge is 2.18. The monoisotopic (exact) mass is 519 g/mol. The van der Waals surface area contributed by atoms with Crippen LogP contribution in [0.15, 0.2) is 65.5 Å². The summed E-state index contributed by atoms with van der Waals surface area (Å²) in [6.07, 6.45) is 0.549. The largest absolute Gasteiger partial charge is 0.493 e. The van der Waals surface area contributed by atoms with Crippen molar-refractivity contribution in [3.8, 4) is 11.5 Å². The summed E-state index contributed by atoms with van der Waals surface area (Å²) in [6.45, 7) is 4.51. The molecule has 37 heavy (non-hydrogen) atoms. The summed E-state index contributed by atoms with van der Waals surface area (Å²) >= 11 is 6.10. The van der Waals surface area contributed by atoms with Gasteiger partial charge in [0.2, 0.25) is 0 Å². The number of hydrogen-bond acceptors (Lipinski definition) is 4. The number of anilines is 1. The number of ether oxygens (including phenoxy) is 2. The zero-order valence-electron chi connectivity index (χ0n) is 21.4. The van der Waals surface area contributed by atoms with Crippen LogP contribution in [0.3, 0.4) is 0 Å². The molecule has 0 saturated heterocycles. The number of rotatable bonds is 8. The quantitative estimate of drug-likeness (QED) is 0.295. The van der Waals surface area contributed by atoms with Crippen LogP contribution in [0, 0.1) is 13.8 Å². The molecule has 0 aliphatic heterocycles. The Kier molecular flexibility index (Phi) is 8.04. The summed E-state index contributed by atoms with van der Waals surface area (Å²) in [5.74, 6) is 1.25. The third-order valence-electron chi connectivity index (χ3n) is 6.23. The summed E-state index contributed by atoms with van der Waals surface area (Å²) in [6, 6.07) is 18.2. The molecule has 1 aromatic heterocycles. The van der Waals surface area contributed by atoms with Gasteiger partial charge in [-0.05, 0) is 79.4 Å². The molecule has 0 saturated carbocycles. The lowest BCUT2D eigenvalue weighted by Gasteiger charge is -2.24. The second-order valence-electron chi connectivity index (χ2n) is 8.97. The van der Waals surface area contributed by atoms with Crippen LogP contribution >= 0.6 is 11.6 Å². The van der Waals surface area contributed by atoms with E-state index >= 15 is 0 Å². The molecule has 7 nitrogen and oxygen atoms in total. The molecular formula is C29H30ClN3O4. The van der Waals surface area contributed by atoms with Crippen LogP contribution in [-0.4, -0.2) is 36.7 Å². The minimum Gasteiger partial charge on any atom is -0.493 e. The molecule has 0 spiro atoms. The van der Waals surface area contributed by atoms with Crippen molar-refractivity contribution in [2.75, 3.05) is 26.1 Å². The number of fused-ring (bicyclic) bond motifs is 1. The summed E-state index contributed by atoms with van der Waals surface area (Å²) in [5, 5.41) is 4.38. The molecule has 2 N–H and O–H groups in total. The number of methoxy groups -OCH3 is 2. The second-order valence-corrected chi connectivity index (χ2v) is 9.40. The average molecular weight is 520 g/mol. The van der Waals surface area contributed by atoms with E-state index in [9.17, 15) is 9.59 Å². The van der Waals surface area contributed by atoms with Crippen LogP contribution in [0.1, 0.15) is 22.3 Å². The van der Waals surface area contributed by atoms with Gasteiger partial charge in [-0.15, -0.1) is 0 Å². The predicted octanol–water partition coefficient (Wildman–Crippen LogP) is 6.09. The van der Waals surface area contributed by atoms with E-state index in [1.165, 1.54) is 0 Å². The van der Waals surface area contributed by atoms with Crippen molar-refractivity contribution < 1.29 is 14.3 Å². The molecule has 0 unspecified atom stereocenters. The van der Waals surface area contributed by atoms with Gasteiger partial charge in [-0.2, -0.15) is 0 Å². The molecule has 0 atom stereocenters. The number of carbonyl (C=O) groups excluding carboxylic acids is 1. The molecule has 192 valence electrons. The standard InChI is InChI=1S/C29H30ClN3O4/c1-18-12-19(2)24-15-21(28(34)32-25(24)13-18)17-33(29(35)31-23-7-5-6-22(30)16-23)11-10-20-8-9-26(36-3)27(14-20)37-4/h5-9,12-16H,10-11,17H2,1-4H3,(H,31,35)(H,32,34). The maximum atomic E-state index is 13.4. The van der Waals surface area contributed by atoms with E-state index in [1.54, 1.807) is 43.4 Å². The van der Waals surface area contributed by atoms with Gasteiger partial charge in [-0.25, -0.2) is 4.79 Å². The maximum Gasteiger partial charge on any atom is 0.322 e. The molecule has 4 rings (SSSR count). The number of aromatic amines is 1. The fourth-order valence-electron chi connectivity index (χ4n) is 4.36. The molecule has 0 fully saturated rings. The zero-order valence-corrected chi connectivity index (χ0v) is 22.1. The summed E-state index contributed by atoms with van der Waals surface area (Å²) in [7, 11) is 3.17. The van der Waals surface area contributed by atoms with Crippen molar-refractivity contribution in [3.05, 3.63) is 98.3 Å². The van der Waals surface area contributed by atoms with Gasteiger partial charge in [-0.1, -0.05) is 29.8 Å². The fraction of sp³-hybridized carbons (Fsp3) is 0.241. The predicted molar refractivity (Wildman–Crippen MR) is 148 cm³/mol. The first-order valence-corrected chi connectivity index (χ1v) is 12.3. The van der Waals surface area contributed by atoms with Crippen molar-refractivity contribution in [1.82, 2.24) is 9.88 Å². The number of aromatic nitrogens is 1. The van der Waals surface area contributed by atoms with Gasteiger partial charge in [0.25, 0.3) is 5.56 Å². The van der Waals surface area contributed by atoms with E-state index in [-0.39, 0.29) is 18.1 Å². The number of pyridine rings is 1. The van der Waals surface area contributed by atoms with Crippen LogP contribution in [0.2, 0.25) is 5.02 Å². The lowest BCUT2D eigenvalue weighted by atomic mass is 10.0. The van der Waals surface area contributed by atoms with Gasteiger partial charge in [0.05, 0.1) is 20.8 Å². The number of nitrogens with one attached hydrogen (secondary N) is 2. The first-order valence-electron chi connectivity index (χ1n) is 11.9. The molecule has 0 aliphatic carbocycles. The minimum absolute atomic E-state index is 0.137. The highest BCUT2D eigenvalue weighted by Crippen LogP contribution is 2.28. The number of aryl methyl sites for hydroxylation is 2. The number of benzene rings is 3. The number of urea groups is 1. The van der Waals surface area contributed by atoms with Crippen LogP contribution in [-0.2, 0) is 13.0 Å². The zero-order chi connectivity index (χ0) is 26.5. The average Bonchev–Trinajstić information content (AvgIpc) is 2.86. The van der Waals surface area contributed by atoms with Gasteiger partial charge in [0.15, 0.2) is 11.5 Å². The number of nitrogens with zero attached hydrogens (tertiary/aromatic N) is 1. The number of hydrogen-bond donors (Lipinski definition) is 2. The van der Waals surface area contributed by atoms with Crippen molar-refractivity contribution in [3.63, 3.8) is 0 Å². The summed E-state index contributed by atoms with van der Waals surface area (Å²) in [5.41, 5.74) is 4.76. The highest BCUT2D eigenvalue weighted by molar-refractivity contribution is 6.30. The maximum absolute atomic E-state index is 13.4. The van der Waals surface area contributed by atoms with Crippen LogP contribution in [0.25, 0.3) is 10.9 Å². The summed E-state index contributed by atoms with van der Waals surface area (Å²) < 4.78 is 10.7. The lowest BCUT2D eigenvalue weighted by molar-refractivity contribution is 0.209. The second kappa shape index (κ2) is 11.4. The molecule has 0 bridgehead atoms. The van der Waals surface area contributed by atoms with E-state index in [1.807, 2.05) is 44.2 Å². The van der Waals surface area contributed by atoms with E-state index in [0.29, 0.717) is 40.7 Å². The van der Waals surface area contributed by atoms with E-state index in [2.05, 4.69) is 16.4 Å². The number of halogens is 1. The van der Waals surface area contributed by atoms with Crippen molar-refractivity contribution in [2.45, 2.75) is 26.8 Å². The Labute approximate surface area is 221 Å². The Bertz CT molecular complexity index is 1500. The molecule has 8 heteroatoms. The van der Waals surface area contributed by atoms with Gasteiger partial charge in [-0.3, -0.25) is 4.79 Å². The van der Waals surface area contributed by atoms with Crippen LogP contribution in [0.4, 0.5) is 10.5 Å². The van der Waals surface area contributed by atoms with E-state index in [0.717, 1.165) is 27.6 Å². The van der Waals surface area contributed by atoms with Gasteiger partial charge >= 0.3 is 6.03 Å². The SMILES string of the molecule is COc1ccc(CCN(Cc2cc3c(C)cc(C)cc3[nH]c2=O)C(=O)Nc2cccc(Cl)c2)cc1OC. The first kappa shape index (κ1) is 26.1. The summed E-state index contributed by atoms with van der Waals surface area (Å²) in [4.78, 5) is 31.0. The minimum atomic E-state index is -0.331. The van der Waals surface area contributed by atoms with Crippen molar-refractivity contribution in [2.24, 2.45) is 0 Å². The molecule has 2 amide bonds. The van der Waals surface area contributed by atoms with Crippen molar-refractivity contribution in [1.29, 1.82) is 0 Å². The third kappa shape index (κ3) is 6.24. The molecule has 0 radical (unpaired) electrons. The Hall–Kier alpha value is -3.97. The number of H-pyrrole nitrogens is 1. The Balaban J connectivity index is 1.63. The lowest BCUT2D eigenvalue weighted by Crippen LogP contribution is -2.37. The molecular weight excluding hydrogens is 490 g/mol. The Morgan fingerprint density at radius 1 is 1.00 bits per heavy atom. The first-order chi connectivity index (χ1) is 17.8. The van der Waals surface area contributed by atoms with E-state index in [4.69, 9.17) is 21.1 Å². The van der Waals surface area contributed by atoms with E-state index < -0.39 is 0 Å². The van der Waals surface area contributed by atoms with Crippen molar-refractivity contribution >= 4 is 34.2 Å². The smallest absolute Gasteiger partial charge is 0.322 e.